The Bertz CT molecular complexity index is 2520. The van der Waals surface area contributed by atoms with E-state index in [1.165, 1.54) is 28.0 Å². The second kappa shape index (κ2) is 22.5. The van der Waals surface area contributed by atoms with Gasteiger partial charge in [0.2, 0.25) is 23.6 Å². The van der Waals surface area contributed by atoms with E-state index in [1.54, 1.807) is 34.4 Å². The van der Waals surface area contributed by atoms with Gasteiger partial charge in [0.25, 0.3) is 6.43 Å². The van der Waals surface area contributed by atoms with Crippen LogP contribution in [-0.4, -0.2) is 106 Å². The number of amidine groups is 1. The largest absolute Gasteiger partial charge is 0.391 e. The molecule has 2 saturated heterocycles. The maximum atomic E-state index is 14.4. The fraction of sp³-hybridized carbons (Fsp3) is 0.490. The summed E-state index contributed by atoms with van der Waals surface area (Å²) in [5.74, 6) is -1.22. The molecule has 4 N–H and O–H groups in total. The van der Waals surface area contributed by atoms with Crippen LogP contribution in [0.3, 0.4) is 0 Å². The highest BCUT2D eigenvalue weighted by molar-refractivity contribution is 7.13. The van der Waals surface area contributed by atoms with E-state index >= 15 is 0 Å². The summed E-state index contributed by atoms with van der Waals surface area (Å²) in [5, 5.41) is 20.2. The van der Waals surface area contributed by atoms with E-state index in [4.69, 9.17) is 16.6 Å². The number of anilines is 3. The molecule has 0 spiro atoms. The third kappa shape index (κ3) is 12.8. The third-order valence-electron chi connectivity index (χ3n) is 13.0. The number of alkyl halides is 2. The Balaban J connectivity index is 0.850. The van der Waals surface area contributed by atoms with Gasteiger partial charge in [0, 0.05) is 49.5 Å². The lowest BCUT2D eigenvalue weighted by Gasteiger charge is -2.35. The predicted molar refractivity (Wildman–Crippen MR) is 265 cm³/mol. The summed E-state index contributed by atoms with van der Waals surface area (Å²) in [6, 6.07) is 14.3. The molecule has 7 rings (SSSR count). The van der Waals surface area contributed by atoms with E-state index in [-0.39, 0.29) is 49.2 Å². The van der Waals surface area contributed by atoms with Gasteiger partial charge in [0.15, 0.2) is 0 Å². The number of fused-ring (bicyclic) bond motifs is 2. The molecule has 4 heterocycles. The first kappa shape index (κ1) is 51.3. The Labute approximate surface area is 410 Å². The number of halogens is 4. The lowest BCUT2D eigenvalue weighted by Crippen LogP contribution is -2.57. The Morgan fingerprint density at radius 1 is 0.957 bits per heavy atom. The van der Waals surface area contributed by atoms with Crippen molar-refractivity contribution in [2.24, 2.45) is 10.4 Å². The number of amides is 4. The van der Waals surface area contributed by atoms with Crippen molar-refractivity contribution in [3.8, 4) is 10.4 Å². The molecule has 4 aromatic rings. The van der Waals surface area contributed by atoms with E-state index < -0.39 is 48.3 Å². The van der Waals surface area contributed by atoms with Crippen molar-refractivity contribution in [2.45, 2.75) is 129 Å². The van der Waals surface area contributed by atoms with Gasteiger partial charge in [-0.15, -0.1) is 11.3 Å². The molecule has 4 amide bonds. The van der Waals surface area contributed by atoms with Gasteiger partial charge in [-0.1, -0.05) is 75.9 Å². The van der Waals surface area contributed by atoms with Crippen LogP contribution in [0.5, 0.6) is 0 Å². The molecule has 2 fully saturated rings. The van der Waals surface area contributed by atoms with Crippen LogP contribution in [0, 0.1) is 18.2 Å². The minimum atomic E-state index is -2.67. The maximum Gasteiger partial charge on any atom is 0.256 e. The second-order valence-electron chi connectivity index (χ2n) is 19.4. The number of benzene rings is 3. The Hall–Kier alpha value is -5.52. The van der Waals surface area contributed by atoms with Crippen molar-refractivity contribution in [1.29, 1.82) is 0 Å². The van der Waals surface area contributed by atoms with Crippen molar-refractivity contribution in [1.82, 2.24) is 25.4 Å². The summed E-state index contributed by atoms with van der Waals surface area (Å²) in [4.78, 5) is 69.3. The second-order valence-corrected chi connectivity index (χ2v) is 20.7. The summed E-state index contributed by atoms with van der Waals surface area (Å²) in [7, 11) is 0. The van der Waals surface area contributed by atoms with Crippen LogP contribution < -0.4 is 20.9 Å². The lowest BCUT2D eigenvalue weighted by atomic mass is 9.85. The molecule has 370 valence electrons. The first-order valence-corrected chi connectivity index (χ1v) is 25.0. The number of carbonyl (C=O) groups excluding carboxylic acids is 4. The van der Waals surface area contributed by atoms with Gasteiger partial charge < -0.3 is 35.8 Å². The van der Waals surface area contributed by atoms with Crippen LogP contribution in [-0.2, 0) is 19.2 Å². The first-order valence-electron chi connectivity index (χ1n) is 23.7. The highest BCUT2D eigenvalue weighted by atomic mass is 35.5. The Morgan fingerprint density at radius 3 is 2.36 bits per heavy atom. The zero-order chi connectivity index (χ0) is 49.6. The Kier molecular flexibility index (Phi) is 16.7. The number of β-amino-alcohol motifs (C(OH)–C–C–N with tert-alkyl or cyclic N) is 1. The third-order valence-corrected chi connectivity index (χ3v) is 14.2. The number of carbonyl (C=O) groups is 4. The van der Waals surface area contributed by atoms with Gasteiger partial charge in [-0.2, -0.15) is 0 Å². The average Bonchev–Trinajstić information content (AvgIpc) is 4.04. The summed E-state index contributed by atoms with van der Waals surface area (Å²) < 4.78 is 42.1. The molecule has 0 aliphatic carbocycles. The smallest absolute Gasteiger partial charge is 0.256 e. The number of aliphatic imine (C=N–C) groups is 1. The van der Waals surface area contributed by atoms with E-state index in [2.05, 4.69) is 20.9 Å². The first-order chi connectivity index (χ1) is 32.9. The SMILES string of the molecule is Cc1ncsc1-c1ccc(C(C)NC(=O)C2CC(O)CN2C(=O)C(NC(=O)CCCCCCCC(=O)N2CCC(N=C3Nc4cc(F)ccc4N(CC(F)F)c4ccc(Cl)cc43)C2)C(C)(C)C)cc1. The normalized spacial score (nSPS) is 19.5. The average molecular weight is 992 g/mol. The topological polar surface area (TPSA) is 160 Å². The molecule has 5 atom stereocenters. The molecular weight excluding hydrogens is 929 g/mol. The number of hydrogen-bond acceptors (Lipinski definition) is 9. The minimum Gasteiger partial charge on any atom is -0.391 e. The number of nitrogens with zero attached hydrogens (tertiary/aromatic N) is 5. The fourth-order valence-corrected chi connectivity index (χ4v) is 10.3. The number of aliphatic hydroxyl groups excluding tert-OH is 1. The monoisotopic (exact) mass is 990 g/mol. The van der Waals surface area contributed by atoms with Crippen molar-refractivity contribution in [3.63, 3.8) is 0 Å². The zero-order valence-corrected chi connectivity index (χ0v) is 41.3. The molecular formula is C51H62ClF3N8O5S. The highest BCUT2D eigenvalue weighted by Gasteiger charge is 2.45. The van der Waals surface area contributed by atoms with Crippen molar-refractivity contribution in [2.75, 3.05) is 36.4 Å². The molecule has 0 saturated carbocycles. The maximum absolute atomic E-state index is 14.4. The molecule has 0 bridgehead atoms. The van der Waals surface area contributed by atoms with Gasteiger partial charge >= 0.3 is 0 Å². The number of rotatable bonds is 17. The quantitative estimate of drug-likeness (QED) is 0.0763. The number of hydrogen-bond donors (Lipinski definition) is 4. The van der Waals surface area contributed by atoms with E-state index in [0.29, 0.717) is 72.3 Å². The van der Waals surface area contributed by atoms with E-state index in [1.807, 2.05) is 64.4 Å². The zero-order valence-electron chi connectivity index (χ0n) is 39.7. The number of aliphatic hydroxyl groups is 1. The molecule has 3 aliphatic heterocycles. The lowest BCUT2D eigenvalue weighted by molar-refractivity contribution is -0.144. The van der Waals surface area contributed by atoms with Crippen molar-refractivity contribution in [3.05, 3.63) is 93.8 Å². The van der Waals surface area contributed by atoms with Crippen LogP contribution in [0.25, 0.3) is 10.4 Å². The van der Waals surface area contributed by atoms with Crippen LogP contribution in [0.2, 0.25) is 5.02 Å². The molecule has 1 aromatic heterocycles. The molecule has 3 aliphatic rings. The number of aryl methyl sites for hydroxylation is 1. The van der Waals surface area contributed by atoms with Crippen LogP contribution >= 0.6 is 22.9 Å². The molecule has 0 radical (unpaired) electrons. The Morgan fingerprint density at radius 2 is 1.67 bits per heavy atom. The molecule has 13 nitrogen and oxygen atoms in total. The number of aromatic nitrogens is 1. The van der Waals surface area contributed by atoms with Crippen LogP contribution in [0.4, 0.5) is 30.2 Å². The van der Waals surface area contributed by atoms with Gasteiger partial charge in [-0.05, 0) is 86.1 Å². The van der Waals surface area contributed by atoms with E-state index in [0.717, 1.165) is 41.0 Å². The molecule has 5 unspecified atom stereocenters. The highest BCUT2D eigenvalue weighted by Crippen LogP contribution is 2.40. The van der Waals surface area contributed by atoms with Crippen LogP contribution in [0.1, 0.15) is 108 Å². The van der Waals surface area contributed by atoms with Gasteiger partial charge in [-0.25, -0.2) is 18.2 Å². The van der Waals surface area contributed by atoms with Gasteiger partial charge in [-0.3, -0.25) is 24.2 Å². The molecule has 18 heteroatoms. The number of nitrogens with one attached hydrogen (secondary N) is 3. The number of likely N-dealkylation sites (tertiary alicyclic amines) is 2. The summed E-state index contributed by atoms with van der Waals surface area (Å²) in [6.45, 7) is 9.66. The number of thiazole rings is 1. The summed E-state index contributed by atoms with van der Waals surface area (Å²) in [5.41, 5.74) is 5.64. The standard InChI is InChI=1S/C51H62ClF3N8O5S/c1-30(32-13-15-33(16-14-32)46-31(2)56-29-69-46)57-49(67)42-25-37(64)27-63(42)50(68)47(51(3,4)5)60-44(65)11-9-7-6-8-10-12-45(66)61-22-21-36(26-61)58-48-38-23-34(52)17-19-40(38)62(28-43(54)55)41-20-18-35(53)24-39(41)59-48/h13-20,23-24,29-30,36-37,42-43,47,64H,6-12,21-22,25-28H2,1-5H3,(H,57,67)(H,58,59)(H,60,65). The summed E-state index contributed by atoms with van der Waals surface area (Å²) in [6.07, 6.45) is 1.32. The predicted octanol–water partition coefficient (Wildman–Crippen LogP) is 9.19. The van der Waals surface area contributed by atoms with E-state index in [9.17, 15) is 37.5 Å². The van der Waals surface area contributed by atoms with Crippen LogP contribution in [0.15, 0.2) is 71.2 Å². The van der Waals surface area contributed by atoms with Gasteiger partial charge in [0.05, 0.1) is 57.9 Å². The molecule has 3 aromatic carbocycles. The van der Waals surface area contributed by atoms with Crippen molar-refractivity contribution < 1.29 is 37.5 Å². The van der Waals surface area contributed by atoms with Crippen molar-refractivity contribution >= 4 is 69.5 Å². The molecule has 69 heavy (non-hydrogen) atoms. The minimum absolute atomic E-state index is 0.00966. The number of unbranched alkanes of at least 4 members (excludes halogenated alkanes) is 4. The summed E-state index contributed by atoms with van der Waals surface area (Å²) >= 11 is 7.94. The fourth-order valence-electron chi connectivity index (χ4n) is 9.29. The van der Waals surface area contributed by atoms with Gasteiger partial charge in [0.1, 0.15) is 23.7 Å².